The van der Waals surface area contributed by atoms with Gasteiger partial charge in [-0.05, 0) is 23.1 Å². The lowest BCUT2D eigenvalue weighted by Crippen LogP contribution is -2.63. The summed E-state index contributed by atoms with van der Waals surface area (Å²) >= 11 is 0. The maximum atomic E-state index is 12.2. The largest absolute Gasteiger partial charge is 0.397 e. The first-order valence-corrected chi connectivity index (χ1v) is 36.1. The molecule has 0 saturated carbocycles. The number of ether oxygens (including phenoxy) is 15. The number of terminal acetylenes is 1. The van der Waals surface area contributed by atoms with E-state index in [0.29, 0.717) is 32.5 Å². The van der Waals surface area contributed by atoms with Crippen molar-refractivity contribution in [2.75, 3.05) is 46.2 Å². The Morgan fingerprint density at radius 3 is 1.16 bits per heavy atom. The van der Waals surface area contributed by atoms with E-state index < -0.39 is 186 Å². The molecule has 24 atom stereocenters. The Labute approximate surface area is 561 Å². The Bertz CT molecular complexity index is 3230. The molecule has 3 aromatic carbocycles. The summed E-state index contributed by atoms with van der Waals surface area (Å²) in [7, 11) is -15.0. The van der Waals surface area contributed by atoms with Gasteiger partial charge in [-0.15, -0.1) is 12.3 Å². The molecule has 6 aliphatic rings. The van der Waals surface area contributed by atoms with E-state index in [1.54, 1.807) is 20.8 Å². The van der Waals surface area contributed by atoms with Crippen LogP contribution < -0.4 is 17.2 Å². The highest BCUT2D eigenvalue weighted by Gasteiger charge is 2.52. The van der Waals surface area contributed by atoms with E-state index in [1.807, 2.05) is 97.9 Å². The minimum Gasteiger partial charge on any atom is -0.373 e. The molecule has 9 rings (SSSR count). The fourth-order valence-electron chi connectivity index (χ4n) is 12.3. The summed E-state index contributed by atoms with van der Waals surface area (Å²) in [6, 6.07) is 25.5. The summed E-state index contributed by atoms with van der Waals surface area (Å²) in [6.45, 7) is 5.78. The summed E-state index contributed by atoms with van der Waals surface area (Å²) in [4.78, 5) is 0. The first kappa shape index (κ1) is 76.3. The predicted octanol–water partition coefficient (Wildman–Crippen LogP) is 3.50. The van der Waals surface area contributed by atoms with E-state index in [9.17, 15) is 38.9 Å². The second-order valence-electron chi connectivity index (χ2n) is 24.9. The fourth-order valence-corrected chi connectivity index (χ4v) is 13.2. The molecule has 33 heteroatoms. The van der Waals surface area contributed by atoms with Gasteiger partial charge in [-0.25, -0.2) is 12.5 Å². The van der Waals surface area contributed by atoms with Crippen molar-refractivity contribution in [1.82, 2.24) is 0 Å². The van der Waals surface area contributed by atoms with Crippen molar-refractivity contribution in [3.63, 3.8) is 0 Å². The molecule has 0 bridgehead atoms. The Morgan fingerprint density at radius 1 is 0.458 bits per heavy atom. The molecular weight excluding hydrogens is 1330 g/mol. The van der Waals surface area contributed by atoms with Crippen LogP contribution in [0.3, 0.4) is 0 Å². The van der Waals surface area contributed by atoms with Crippen LogP contribution in [0.4, 0.5) is 0 Å². The van der Waals surface area contributed by atoms with Gasteiger partial charge in [0.1, 0.15) is 30.5 Å². The van der Waals surface area contributed by atoms with Crippen LogP contribution in [0.15, 0.2) is 91.0 Å². The summed E-state index contributed by atoms with van der Waals surface area (Å²) < 4.78 is 212. The van der Waals surface area contributed by atoms with Gasteiger partial charge in [0.15, 0.2) is 37.7 Å². The molecule has 6 heterocycles. The van der Waals surface area contributed by atoms with Crippen molar-refractivity contribution in [3.05, 3.63) is 108 Å². The standard InChI is InChI=1S/C63H91N3O27S3/c1-6-7-17-24-76-61-55(64)38(3)58(49(88-61)34-83-94(67,68)69)92-53-26-45(78-30-42-20-13-9-14-21-42)47(32-81-53)87-63-57(66)40(5)60(51(90-63)36-85-96(73,74)75)93-54-27-46(79-31-43-22-15-10-16-23-43)48(33-82-54)86-62-56(65)39(4)59(50(89-62)35-84-95(70,71)72)91-52-25-44(37(2)28-80-52)77-29-41-18-11-8-12-19-41/h1,8-16,18-23,37-40,44-63H,7,17,24-36,64-66H2,2-5H3,(H,67,68,69)(H,70,71,72)(H,73,74,75)/t37-,38+,39+,40+,44-,45-,46-,47-,48-,49?,50?,51?,52-,53-,54-,55?,56?,57?,58+,59+,60+,61+,62+,63+/m0/s1. The molecule has 6 aliphatic heterocycles. The molecule has 96 heavy (non-hydrogen) atoms. The Balaban J connectivity index is 0.882. The smallest absolute Gasteiger partial charge is 0.373 e. The molecule has 0 radical (unpaired) electrons. The number of hydrogen-bond donors (Lipinski definition) is 6. The van der Waals surface area contributed by atoms with Gasteiger partial charge in [0.2, 0.25) is 0 Å². The molecule has 0 aliphatic carbocycles. The maximum absolute atomic E-state index is 12.2. The van der Waals surface area contributed by atoms with Crippen molar-refractivity contribution in [3.8, 4) is 12.3 Å². The van der Waals surface area contributed by atoms with E-state index in [-0.39, 0.29) is 57.9 Å². The third kappa shape index (κ3) is 22.6. The van der Waals surface area contributed by atoms with E-state index >= 15 is 0 Å². The Hall–Kier alpha value is -3.89. The van der Waals surface area contributed by atoms with Gasteiger partial charge in [0, 0.05) is 49.4 Å². The molecule has 538 valence electrons. The van der Waals surface area contributed by atoms with Gasteiger partial charge in [0.25, 0.3) is 0 Å². The van der Waals surface area contributed by atoms with E-state index in [2.05, 4.69) is 5.92 Å². The van der Waals surface area contributed by atoms with Gasteiger partial charge in [-0.3, -0.25) is 13.7 Å². The first-order chi connectivity index (χ1) is 45.8. The lowest BCUT2D eigenvalue weighted by Gasteiger charge is -2.48. The second-order valence-corrected chi connectivity index (χ2v) is 28.2. The van der Waals surface area contributed by atoms with Crippen LogP contribution in [0.5, 0.6) is 0 Å². The minimum atomic E-state index is -5.06. The lowest BCUT2D eigenvalue weighted by atomic mass is 9.88. The zero-order valence-electron chi connectivity index (χ0n) is 53.8. The molecule has 0 aromatic heterocycles. The normalized spacial score (nSPS) is 36.4. The highest BCUT2D eigenvalue weighted by atomic mass is 32.3. The van der Waals surface area contributed by atoms with Crippen LogP contribution in [0.25, 0.3) is 0 Å². The SMILES string of the molecule is C#CCCCO[C@@H]1OC(COS(=O)(=O)O)[C@H](O[C@H]2C[C@H](OCc3ccccc3)[C@@H](O[C@@H]3OC(COS(=O)(=O)O)[C@H](O[C@H]4C[C@H](OCc5ccccc5)[C@@H](O[C@@H]5OC(COS(=O)(=O)O)[C@H](O[C@H]6C[C@H](OCc7ccccc7)[C@@H](C)CO6)[C@H](C)C5N)CO4)[C@H](C)C3N)CO2)[C@H](C)C1N. The van der Waals surface area contributed by atoms with Crippen LogP contribution >= 0.6 is 0 Å². The van der Waals surface area contributed by atoms with Crippen LogP contribution in [0, 0.1) is 36.0 Å². The number of unbranched alkanes of at least 4 members (excludes halogenated alkanes) is 1. The van der Waals surface area contributed by atoms with Crippen LogP contribution in [0.2, 0.25) is 0 Å². The summed E-state index contributed by atoms with van der Waals surface area (Å²) in [6.07, 6.45) is -10.4. The van der Waals surface area contributed by atoms with Crippen LogP contribution in [0.1, 0.15) is 76.5 Å². The summed E-state index contributed by atoms with van der Waals surface area (Å²) in [5, 5.41) is 0. The van der Waals surface area contributed by atoms with Gasteiger partial charge in [0.05, 0.1) is 121 Å². The number of nitrogens with two attached hydrogens (primary N) is 3. The first-order valence-electron chi connectivity index (χ1n) is 32.0. The monoisotopic (exact) mass is 1420 g/mol. The molecule has 30 nitrogen and oxygen atoms in total. The van der Waals surface area contributed by atoms with Crippen molar-refractivity contribution in [2.24, 2.45) is 40.9 Å². The zero-order valence-corrected chi connectivity index (χ0v) is 56.2. The Kier molecular flexibility index (Phi) is 28.3. The fraction of sp³-hybridized carbons (Fsp3) is 0.683. The molecule has 0 amide bonds. The number of hydrogen-bond acceptors (Lipinski definition) is 27. The van der Waals surface area contributed by atoms with Gasteiger partial charge in [-0.2, -0.15) is 25.3 Å². The summed E-state index contributed by atoms with van der Waals surface area (Å²) in [5.41, 5.74) is 23.2. The van der Waals surface area contributed by atoms with E-state index in [4.69, 9.17) is 107 Å². The highest BCUT2D eigenvalue weighted by Crippen LogP contribution is 2.39. The molecule has 6 fully saturated rings. The molecule has 6 saturated heterocycles. The second kappa shape index (κ2) is 35.6. The highest BCUT2D eigenvalue weighted by molar-refractivity contribution is 7.81. The van der Waals surface area contributed by atoms with Crippen molar-refractivity contribution >= 4 is 31.2 Å². The quantitative estimate of drug-likeness (QED) is 0.0296. The average molecular weight is 1420 g/mol. The third-order valence-corrected chi connectivity index (χ3v) is 19.2. The van der Waals surface area contributed by atoms with E-state index in [1.165, 1.54) is 0 Å². The Morgan fingerprint density at radius 2 is 0.792 bits per heavy atom. The molecule has 6 unspecified atom stereocenters. The lowest BCUT2D eigenvalue weighted by molar-refractivity contribution is -0.343. The zero-order chi connectivity index (χ0) is 68.7. The van der Waals surface area contributed by atoms with Crippen molar-refractivity contribution in [2.45, 2.75) is 203 Å². The molecule has 0 spiro atoms. The topological polar surface area (TPSA) is 407 Å². The molecular formula is C63H91N3O27S3. The van der Waals surface area contributed by atoms with E-state index in [0.717, 1.165) is 16.7 Å². The van der Waals surface area contributed by atoms with Gasteiger partial charge < -0.3 is 88.3 Å². The van der Waals surface area contributed by atoms with Crippen molar-refractivity contribution < 1.29 is 123 Å². The summed E-state index contributed by atoms with van der Waals surface area (Å²) in [5.74, 6) is 0.632. The molecule has 3 aromatic rings. The average Bonchev–Trinajstić information content (AvgIpc) is 0.817. The van der Waals surface area contributed by atoms with Crippen LogP contribution in [-0.4, -0.2) is 208 Å². The van der Waals surface area contributed by atoms with Crippen molar-refractivity contribution in [1.29, 1.82) is 0 Å². The van der Waals surface area contributed by atoms with Gasteiger partial charge >= 0.3 is 31.2 Å². The van der Waals surface area contributed by atoms with Gasteiger partial charge in [-0.1, -0.05) is 119 Å². The number of benzene rings is 3. The predicted molar refractivity (Wildman–Crippen MR) is 336 cm³/mol. The van der Waals surface area contributed by atoms with Crippen LogP contribution in [-0.2, 0) is 135 Å². The third-order valence-electron chi connectivity index (χ3n) is 17.9. The number of rotatable bonds is 32. The maximum Gasteiger partial charge on any atom is 0.397 e. The molecule has 9 N–H and O–H groups in total. The minimum absolute atomic E-state index is 0.00147.